The highest BCUT2D eigenvalue weighted by molar-refractivity contribution is 9.10. The topological polar surface area (TPSA) is 17.1 Å². The monoisotopic (exact) mass is 322 g/mol. The van der Waals surface area contributed by atoms with Gasteiger partial charge in [-0.2, -0.15) is 0 Å². The Morgan fingerprint density at radius 1 is 1.16 bits per heavy atom. The summed E-state index contributed by atoms with van der Waals surface area (Å²) in [5.74, 6) is 0.611. The number of rotatable bonds is 7. The summed E-state index contributed by atoms with van der Waals surface area (Å²) in [6, 6.07) is 6.12. The summed E-state index contributed by atoms with van der Waals surface area (Å²) in [6.45, 7) is 2.24. The van der Waals surface area contributed by atoms with Gasteiger partial charge in [-0.3, -0.25) is 4.79 Å². The van der Waals surface area contributed by atoms with Gasteiger partial charge < -0.3 is 0 Å². The first-order valence-corrected chi connectivity index (χ1v) is 8.34. The minimum Gasteiger partial charge on any atom is -0.294 e. The molecule has 1 aliphatic carbocycles. The lowest BCUT2D eigenvalue weighted by molar-refractivity contribution is 0.0929. The van der Waals surface area contributed by atoms with Crippen LogP contribution in [-0.4, -0.2) is 5.78 Å². The zero-order valence-electron chi connectivity index (χ0n) is 11.8. The van der Waals surface area contributed by atoms with E-state index >= 15 is 0 Å². The van der Waals surface area contributed by atoms with Gasteiger partial charge in [-0.25, -0.2) is 0 Å². The molecule has 2 rings (SSSR count). The lowest BCUT2D eigenvalue weighted by Gasteiger charge is -2.07. The Kier molecular flexibility index (Phi) is 5.62. The van der Waals surface area contributed by atoms with Crippen LogP contribution in [0, 0.1) is 5.92 Å². The van der Waals surface area contributed by atoms with Crippen LogP contribution in [-0.2, 0) is 6.42 Å². The number of ketones is 1. The quantitative estimate of drug-likeness (QED) is 0.601. The predicted octanol–water partition coefficient (Wildman–Crippen LogP) is 5.55. The first kappa shape index (κ1) is 14.8. The van der Waals surface area contributed by atoms with Crippen LogP contribution in [0.25, 0.3) is 0 Å². The highest BCUT2D eigenvalue weighted by Gasteiger charge is 2.29. The molecule has 0 fully saturated rings. The standard InChI is InChI=1S/C17H23BrO/c1-2-3-4-5-6-7-8-14-11-13-9-10-15(18)12-16(13)17(14)19/h9-10,12,14H,2-8,11H2,1H3. The summed E-state index contributed by atoms with van der Waals surface area (Å²) < 4.78 is 1.01. The number of benzene rings is 1. The van der Waals surface area contributed by atoms with Crippen molar-refractivity contribution < 1.29 is 4.79 Å². The molecule has 0 bridgehead atoms. The molecule has 1 atom stereocenters. The molecule has 0 saturated carbocycles. The fourth-order valence-electron chi connectivity index (χ4n) is 2.94. The average molecular weight is 323 g/mol. The van der Waals surface area contributed by atoms with E-state index in [1.807, 2.05) is 12.1 Å². The van der Waals surface area contributed by atoms with E-state index < -0.39 is 0 Å². The SMILES string of the molecule is CCCCCCCCC1Cc2ccc(Br)cc2C1=O. The average Bonchev–Trinajstić information content (AvgIpc) is 2.71. The Hall–Kier alpha value is -0.630. The molecule has 1 aliphatic rings. The Bertz CT molecular complexity index is 439. The number of halogens is 1. The van der Waals surface area contributed by atoms with Gasteiger partial charge in [0.25, 0.3) is 0 Å². The van der Waals surface area contributed by atoms with Crippen LogP contribution in [0.15, 0.2) is 22.7 Å². The molecule has 0 spiro atoms. The molecule has 0 radical (unpaired) electrons. The van der Waals surface area contributed by atoms with E-state index in [4.69, 9.17) is 0 Å². The van der Waals surface area contributed by atoms with Gasteiger partial charge in [0.15, 0.2) is 5.78 Å². The van der Waals surface area contributed by atoms with Crippen molar-refractivity contribution in [2.75, 3.05) is 0 Å². The maximum Gasteiger partial charge on any atom is 0.166 e. The maximum absolute atomic E-state index is 12.3. The molecule has 0 heterocycles. The van der Waals surface area contributed by atoms with Gasteiger partial charge in [-0.15, -0.1) is 0 Å². The zero-order valence-corrected chi connectivity index (χ0v) is 13.3. The lowest BCUT2D eigenvalue weighted by atomic mass is 9.97. The highest BCUT2D eigenvalue weighted by atomic mass is 79.9. The van der Waals surface area contributed by atoms with Crippen LogP contribution in [0.2, 0.25) is 0 Å². The molecule has 0 amide bonds. The summed E-state index contributed by atoms with van der Waals surface area (Å²) in [5, 5.41) is 0. The second-order valence-electron chi connectivity index (χ2n) is 5.62. The first-order valence-electron chi connectivity index (χ1n) is 7.55. The molecular formula is C17H23BrO. The minimum absolute atomic E-state index is 0.246. The number of unbranched alkanes of at least 4 members (excludes halogenated alkanes) is 5. The van der Waals surface area contributed by atoms with E-state index in [9.17, 15) is 4.79 Å². The van der Waals surface area contributed by atoms with Crippen molar-refractivity contribution in [2.24, 2.45) is 5.92 Å². The maximum atomic E-state index is 12.3. The van der Waals surface area contributed by atoms with Gasteiger partial charge in [-0.1, -0.05) is 67.4 Å². The number of carbonyl (C=O) groups excluding carboxylic acids is 1. The molecule has 1 unspecified atom stereocenters. The fourth-order valence-corrected chi connectivity index (χ4v) is 3.30. The van der Waals surface area contributed by atoms with Gasteiger partial charge in [-0.05, 0) is 30.5 Å². The zero-order chi connectivity index (χ0) is 13.7. The van der Waals surface area contributed by atoms with E-state index in [1.54, 1.807) is 0 Å². The molecule has 19 heavy (non-hydrogen) atoms. The van der Waals surface area contributed by atoms with Crippen molar-refractivity contribution in [3.8, 4) is 0 Å². The van der Waals surface area contributed by atoms with E-state index in [-0.39, 0.29) is 5.92 Å². The van der Waals surface area contributed by atoms with Crippen LogP contribution in [0.3, 0.4) is 0 Å². The van der Waals surface area contributed by atoms with Crippen LogP contribution in [0.1, 0.15) is 67.8 Å². The third kappa shape index (κ3) is 3.92. The van der Waals surface area contributed by atoms with Gasteiger partial charge in [0.05, 0.1) is 0 Å². The van der Waals surface area contributed by atoms with Gasteiger partial charge in [0, 0.05) is 16.0 Å². The van der Waals surface area contributed by atoms with Crippen LogP contribution in [0.5, 0.6) is 0 Å². The van der Waals surface area contributed by atoms with E-state index in [0.29, 0.717) is 5.78 Å². The number of hydrogen-bond acceptors (Lipinski definition) is 1. The number of fused-ring (bicyclic) bond motifs is 1. The first-order chi connectivity index (χ1) is 9.22. The molecule has 2 heteroatoms. The summed E-state index contributed by atoms with van der Waals surface area (Å²) >= 11 is 3.45. The summed E-state index contributed by atoms with van der Waals surface area (Å²) in [7, 11) is 0. The molecule has 0 N–H and O–H groups in total. The van der Waals surface area contributed by atoms with Crippen molar-refractivity contribution in [3.05, 3.63) is 33.8 Å². The van der Waals surface area contributed by atoms with Crippen molar-refractivity contribution >= 4 is 21.7 Å². The summed E-state index contributed by atoms with van der Waals surface area (Å²) in [6.07, 6.45) is 9.83. The van der Waals surface area contributed by atoms with E-state index in [2.05, 4.69) is 28.9 Å². The number of hydrogen-bond donors (Lipinski definition) is 0. The largest absolute Gasteiger partial charge is 0.294 e. The summed E-state index contributed by atoms with van der Waals surface area (Å²) in [4.78, 5) is 12.3. The second-order valence-corrected chi connectivity index (χ2v) is 6.54. The Morgan fingerprint density at radius 3 is 2.68 bits per heavy atom. The lowest BCUT2D eigenvalue weighted by Crippen LogP contribution is -2.08. The third-order valence-corrected chi connectivity index (χ3v) is 4.57. The molecule has 1 aromatic carbocycles. The van der Waals surface area contributed by atoms with Gasteiger partial charge in [0.1, 0.15) is 0 Å². The van der Waals surface area contributed by atoms with E-state index in [0.717, 1.165) is 22.9 Å². The third-order valence-electron chi connectivity index (χ3n) is 4.08. The van der Waals surface area contributed by atoms with Crippen molar-refractivity contribution in [1.82, 2.24) is 0 Å². The molecule has 104 valence electrons. The Morgan fingerprint density at radius 2 is 1.89 bits per heavy atom. The second kappa shape index (κ2) is 7.23. The minimum atomic E-state index is 0.246. The summed E-state index contributed by atoms with van der Waals surface area (Å²) in [5.41, 5.74) is 2.19. The van der Waals surface area contributed by atoms with Crippen molar-refractivity contribution in [2.45, 2.75) is 58.3 Å². The van der Waals surface area contributed by atoms with Crippen LogP contribution < -0.4 is 0 Å². The van der Waals surface area contributed by atoms with Gasteiger partial charge in [0.2, 0.25) is 0 Å². The van der Waals surface area contributed by atoms with E-state index in [1.165, 1.54) is 44.1 Å². The molecular weight excluding hydrogens is 300 g/mol. The number of carbonyl (C=O) groups is 1. The molecule has 1 nitrogen and oxygen atoms in total. The smallest absolute Gasteiger partial charge is 0.166 e. The van der Waals surface area contributed by atoms with Crippen LogP contribution in [0.4, 0.5) is 0 Å². The van der Waals surface area contributed by atoms with Crippen molar-refractivity contribution in [3.63, 3.8) is 0 Å². The molecule has 0 aliphatic heterocycles. The highest BCUT2D eigenvalue weighted by Crippen LogP contribution is 2.32. The Balaban J connectivity index is 1.77. The normalized spacial score (nSPS) is 17.8. The fraction of sp³-hybridized carbons (Fsp3) is 0.588. The van der Waals surface area contributed by atoms with Crippen molar-refractivity contribution in [1.29, 1.82) is 0 Å². The van der Waals surface area contributed by atoms with Gasteiger partial charge >= 0.3 is 0 Å². The number of Topliss-reactive ketones (excluding diaryl/α,β-unsaturated/α-hetero) is 1. The molecule has 0 saturated heterocycles. The predicted molar refractivity (Wildman–Crippen MR) is 83.7 cm³/mol. The molecule has 1 aromatic rings. The Labute approximate surface area is 124 Å². The van der Waals surface area contributed by atoms with Crippen LogP contribution >= 0.6 is 15.9 Å². The molecule has 0 aromatic heterocycles.